The number of rotatable bonds is 3. The monoisotopic (exact) mass is 229 g/mol. The number of benzene rings is 1. The Morgan fingerprint density at radius 2 is 1.88 bits per heavy atom. The van der Waals surface area contributed by atoms with Crippen LogP contribution in [-0.2, 0) is 0 Å². The van der Waals surface area contributed by atoms with E-state index in [9.17, 15) is 0 Å². The van der Waals surface area contributed by atoms with E-state index in [-0.39, 0.29) is 0 Å². The first-order chi connectivity index (χ1) is 8.27. The smallest absolute Gasteiger partial charge is 0.00461 e. The molecule has 0 saturated carbocycles. The normalized spacial score (nSPS) is 20.2. The molecule has 1 aromatic rings. The molecule has 1 aliphatic rings. The first kappa shape index (κ1) is 12.4. The molecular formula is C16H23N. The highest BCUT2D eigenvalue weighted by atomic mass is 14.9. The minimum absolute atomic E-state index is 0.706. The molecule has 0 amide bonds. The van der Waals surface area contributed by atoms with Crippen molar-refractivity contribution in [3.8, 4) is 0 Å². The Labute approximate surface area is 105 Å². The molecule has 0 radical (unpaired) electrons. The lowest BCUT2D eigenvalue weighted by molar-refractivity contribution is 0.305. The van der Waals surface area contributed by atoms with Crippen molar-refractivity contribution in [2.24, 2.45) is 11.8 Å². The van der Waals surface area contributed by atoms with Crippen molar-refractivity contribution in [3.63, 3.8) is 0 Å². The lowest BCUT2D eigenvalue weighted by Crippen LogP contribution is -2.31. The highest BCUT2D eigenvalue weighted by molar-refractivity contribution is 5.52. The van der Waals surface area contributed by atoms with Gasteiger partial charge in [0.25, 0.3) is 0 Å². The fourth-order valence-corrected chi connectivity index (χ4v) is 2.66. The molecule has 0 spiro atoms. The van der Waals surface area contributed by atoms with Gasteiger partial charge in [-0.1, -0.05) is 48.9 Å². The molecule has 1 nitrogen and oxygen atoms in total. The molecule has 0 aromatic heterocycles. The van der Waals surface area contributed by atoms with Gasteiger partial charge in [-0.25, -0.2) is 0 Å². The maximum Gasteiger partial charge on any atom is -0.00461 e. The Morgan fingerprint density at radius 1 is 1.24 bits per heavy atom. The summed E-state index contributed by atoms with van der Waals surface area (Å²) in [5.41, 5.74) is 2.84. The standard InChI is InChI=1S/C16H23N/c1-13(12-15-6-4-3-5-7-15)14(2)16-8-10-17-11-9-16/h3-7,12,14,16-17H,8-11H2,1-2H3/b13-12+. The topological polar surface area (TPSA) is 12.0 Å². The number of allylic oxidation sites excluding steroid dienone is 1. The molecule has 0 bridgehead atoms. The van der Waals surface area contributed by atoms with Crippen molar-refractivity contribution in [1.82, 2.24) is 5.32 Å². The van der Waals surface area contributed by atoms with Gasteiger partial charge in [0.15, 0.2) is 0 Å². The fraction of sp³-hybridized carbons (Fsp3) is 0.500. The molecule has 1 aromatic carbocycles. The molecule has 1 saturated heterocycles. The zero-order chi connectivity index (χ0) is 12.1. The molecule has 1 fully saturated rings. The molecule has 1 aliphatic heterocycles. The lowest BCUT2D eigenvalue weighted by atomic mass is 9.81. The van der Waals surface area contributed by atoms with E-state index in [1.165, 1.54) is 37.1 Å². The zero-order valence-corrected chi connectivity index (χ0v) is 10.9. The second-order valence-corrected chi connectivity index (χ2v) is 5.18. The van der Waals surface area contributed by atoms with Gasteiger partial charge in [0.05, 0.1) is 0 Å². The summed E-state index contributed by atoms with van der Waals surface area (Å²) >= 11 is 0. The van der Waals surface area contributed by atoms with Crippen LogP contribution in [0.5, 0.6) is 0 Å². The molecule has 1 heterocycles. The van der Waals surface area contributed by atoms with Gasteiger partial charge in [-0.2, -0.15) is 0 Å². The van der Waals surface area contributed by atoms with Gasteiger partial charge in [-0.3, -0.25) is 0 Å². The van der Waals surface area contributed by atoms with Crippen molar-refractivity contribution in [2.45, 2.75) is 26.7 Å². The second-order valence-electron chi connectivity index (χ2n) is 5.18. The first-order valence-corrected chi connectivity index (χ1v) is 6.71. The molecule has 1 atom stereocenters. The zero-order valence-electron chi connectivity index (χ0n) is 10.9. The van der Waals surface area contributed by atoms with Gasteiger partial charge in [0.2, 0.25) is 0 Å². The minimum Gasteiger partial charge on any atom is -0.317 e. The van der Waals surface area contributed by atoms with Crippen LogP contribution in [-0.4, -0.2) is 13.1 Å². The van der Waals surface area contributed by atoms with Crippen LogP contribution in [0.15, 0.2) is 35.9 Å². The van der Waals surface area contributed by atoms with E-state index in [1.54, 1.807) is 0 Å². The summed E-state index contributed by atoms with van der Waals surface area (Å²) in [6, 6.07) is 10.6. The van der Waals surface area contributed by atoms with E-state index >= 15 is 0 Å². The summed E-state index contributed by atoms with van der Waals surface area (Å²) in [4.78, 5) is 0. The van der Waals surface area contributed by atoms with Crippen molar-refractivity contribution < 1.29 is 0 Å². The van der Waals surface area contributed by atoms with E-state index in [1.807, 2.05) is 0 Å². The largest absolute Gasteiger partial charge is 0.317 e. The van der Waals surface area contributed by atoms with Gasteiger partial charge in [0, 0.05) is 0 Å². The third-order valence-corrected chi connectivity index (χ3v) is 4.00. The Balaban J connectivity index is 2.03. The van der Waals surface area contributed by atoms with E-state index in [0.717, 1.165) is 5.92 Å². The van der Waals surface area contributed by atoms with Crippen molar-refractivity contribution in [2.75, 3.05) is 13.1 Å². The van der Waals surface area contributed by atoms with Crippen LogP contribution in [0.4, 0.5) is 0 Å². The van der Waals surface area contributed by atoms with Crippen LogP contribution in [0.1, 0.15) is 32.3 Å². The summed E-state index contributed by atoms with van der Waals surface area (Å²) in [5, 5.41) is 3.44. The van der Waals surface area contributed by atoms with Crippen LogP contribution >= 0.6 is 0 Å². The summed E-state index contributed by atoms with van der Waals surface area (Å²) < 4.78 is 0. The molecule has 0 aliphatic carbocycles. The maximum atomic E-state index is 3.44. The fourth-order valence-electron chi connectivity index (χ4n) is 2.66. The Bertz CT molecular complexity index is 360. The molecule has 17 heavy (non-hydrogen) atoms. The molecule has 2 rings (SSSR count). The number of hydrogen-bond donors (Lipinski definition) is 1. The molecule has 92 valence electrons. The Hall–Kier alpha value is -1.08. The van der Waals surface area contributed by atoms with Crippen LogP contribution < -0.4 is 5.32 Å². The molecule has 1 heteroatoms. The van der Waals surface area contributed by atoms with Gasteiger partial charge in [-0.15, -0.1) is 0 Å². The lowest BCUT2D eigenvalue weighted by Gasteiger charge is -2.29. The highest BCUT2D eigenvalue weighted by Crippen LogP contribution is 2.28. The van der Waals surface area contributed by atoms with Crippen molar-refractivity contribution in [1.29, 1.82) is 0 Å². The second kappa shape index (κ2) is 6.02. The van der Waals surface area contributed by atoms with Crippen LogP contribution in [0.2, 0.25) is 0 Å². The average Bonchev–Trinajstić information content (AvgIpc) is 2.40. The van der Waals surface area contributed by atoms with E-state index in [2.05, 4.69) is 55.6 Å². The van der Waals surface area contributed by atoms with Crippen LogP contribution in [0.3, 0.4) is 0 Å². The van der Waals surface area contributed by atoms with Crippen molar-refractivity contribution >= 4 is 6.08 Å². The number of nitrogens with one attached hydrogen (secondary N) is 1. The highest BCUT2D eigenvalue weighted by Gasteiger charge is 2.20. The number of piperidine rings is 1. The predicted molar refractivity (Wildman–Crippen MR) is 74.9 cm³/mol. The first-order valence-electron chi connectivity index (χ1n) is 6.71. The van der Waals surface area contributed by atoms with Crippen LogP contribution in [0.25, 0.3) is 6.08 Å². The maximum absolute atomic E-state index is 3.44. The summed E-state index contributed by atoms with van der Waals surface area (Å²) in [5.74, 6) is 1.56. The molecular weight excluding hydrogens is 206 g/mol. The average molecular weight is 229 g/mol. The van der Waals surface area contributed by atoms with Gasteiger partial charge in [0.1, 0.15) is 0 Å². The quantitative estimate of drug-likeness (QED) is 0.833. The molecule has 1 unspecified atom stereocenters. The number of hydrogen-bond acceptors (Lipinski definition) is 1. The van der Waals surface area contributed by atoms with E-state index < -0.39 is 0 Å². The predicted octanol–water partition coefficient (Wildman–Crippen LogP) is 3.73. The van der Waals surface area contributed by atoms with Crippen LogP contribution in [0, 0.1) is 11.8 Å². The SMILES string of the molecule is C/C(=C\c1ccccc1)C(C)C1CCNCC1. The Kier molecular flexibility index (Phi) is 4.38. The molecule has 1 N–H and O–H groups in total. The third-order valence-electron chi connectivity index (χ3n) is 4.00. The van der Waals surface area contributed by atoms with Gasteiger partial charge < -0.3 is 5.32 Å². The summed E-state index contributed by atoms with van der Waals surface area (Å²) in [7, 11) is 0. The minimum atomic E-state index is 0.706. The van der Waals surface area contributed by atoms with E-state index in [0.29, 0.717) is 5.92 Å². The van der Waals surface area contributed by atoms with E-state index in [4.69, 9.17) is 0 Å². The van der Waals surface area contributed by atoms with Crippen molar-refractivity contribution in [3.05, 3.63) is 41.5 Å². The Morgan fingerprint density at radius 3 is 2.53 bits per heavy atom. The summed E-state index contributed by atoms with van der Waals surface area (Å²) in [6.07, 6.45) is 4.98. The summed E-state index contributed by atoms with van der Waals surface area (Å²) in [6.45, 7) is 7.03. The van der Waals surface area contributed by atoms with Gasteiger partial charge in [-0.05, 0) is 50.3 Å². The van der Waals surface area contributed by atoms with Gasteiger partial charge >= 0.3 is 0 Å². The third kappa shape index (κ3) is 3.44.